The van der Waals surface area contributed by atoms with Gasteiger partial charge in [-0.05, 0) is 133 Å². The van der Waals surface area contributed by atoms with Crippen LogP contribution in [0.1, 0.15) is 66.7 Å². The number of methoxy groups -OCH3 is 1. The Balaban J connectivity index is 0.000000208. The molecule has 4 unspecified atom stereocenters. The van der Waals surface area contributed by atoms with Crippen LogP contribution in [0.25, 0.3) is 0 Å². The molecule has 0 amide bonds. The van der Waals surface area contributed by atoms with Crippen LogP contribution in [0.4, 0.5) is 17.6 Å². The molecule has 0 aromatic heterocycles. The van der Waals surface area contributed by atoms with Crippen molar-refractivity contribution in [2.45, 2.75) is 80.8 Å². The third kappa shape index (κ3) is 12.3. The summed E-state index contributed by atoms with van der Waals surface area (Å²) in [5, 5.41) is 21.7. The molecule has 0 aliphatic heterocycles. The normalized spacial score (nSPS) is 16.6. The molecule has 2 aliphatic carbocycles. The van der Waals surface area contributed by atoms with Crippen LogP contribution >= 0.6 is 23.2 Å². The summed E-state index contributed by atoms with van der Waals surface area (Å²) in [5.41, 5.74) is -3.88. The Labute approximate surface area is 412 Å². The molecule has 366 valence electrons. The molecule has 8 rings (SSSR count). The van der Waals surface area contributed by atoms with Gasteiger partial charge in [-0.3, -0.25) is 4.79 Å². The van der Waals surface area contributed by atoms with Crippen LogP contribution in [0.3, 0.4) is 0 Å². The first kappa shape index (κ1) is 51.4. The van der Waals surface area contributed by atoms with Gasteiger partial charge in [0.25, 0.3) is 5.67 Å². The van der Waals surface area contributed by atoms with Gasteiger partial charge in [0.2, 0.25) is 5.67 Å². The molecule has 2 aliphatic rings. The van der Waals surface area contributed by atoms with Gasteiger partial charge < -0.3 is 29.2 Å². The molecule has 6 atom stereocenters. The number of aliphatic hydroxyl groups is 1. The number of carboxylic acid groups (broad SMARTS) is 1. The summed E-state index contributed by atoms with van der Waals surface area (Å²) in [6, 6.07) is 38.1. The van der Waals surface area contributed by atoms with E-state index in [4.69, 9.17) is 42.1 Å². The van der Waals surface area contributed by atoms with Crippen molar-refractivity contribution in [3.05, 3.63) is 190 Å². The molecule has 2 saturated carbocycles. The summed E-state index contributed by atoms with van der Waals surface area (Å²) in [6.45, 7) is 1.15. The summed E-state index contributed by atoms with van der Waals surface area (Å²) in [4.78, 5) is 37.4. The molecule has 2 fully saturated rings. The molecule has 0 saturated heterocycles. The van der Waals surface area contributed by atoms with E-state index in [-0.39, 0.29) is 36.2 Å². The summed E-state index contributed by atoms with van der Waals surface area (Å²) < 4.78 is 84.0. The van der Waals surface area contributed by atoms with Crippen molar-refractivity contribution in [2.24, 2.45) is 11.8 Å². The fourth-order valence-corrected chi connectivity index (χ4v) is 9.06. The fraction of sp³-hybridized carbons (Fsp3) is 0.291. The van der Waals surface area contributed by atoms with E-state index in [1.54, 1.807) is 109 Å². The number of halogens is 6. The quantitative estimate of drug-likeness (QED) is 0.0602. The lowest BCUT2D eigenvalue weighted by molar-refractivity contribution is -0.177. The van der Waals surface area contributed by atoms with E-state index >= 15 is 8.78 Å². The summed E-state index contributed by atoms with van der Waals surface area (Å²) in [6.07, 6.45) is -1.21. The number of para-hydroxylation sites is 2. The largest absolute Gasteiger partial charge is 0.479 e. The predicted molar refractivity (Wildman–Crippen MR) is 256 cm³/mol. The fourth-order valence-electron chi connectivity index (χ4n) is 8.81. The maximum Gasteiger partial charge on any atom is 0.348 e. The lowest BCUT2D eigenvalue weighted by atomic mass is 9.75. The van der Waals surface area contributed by atoms with Crippen LogP contribution in [0.15, 0.2) is 146 Å². The van der Waals surface area contributed by atoms with E-state index in [0.717, 1.165) is 20.1 Å². The molecular formula is C55H50Cl2F4O9. The van der Waals surface area contributed by atoms with Crippen LogP contribution in [-0.2, 0) is 36.7 Å². The third-order valence-corrected chi connectivity index (χ3v) is 12.9. The van der Waals surface area contributed by atoms with E-state index in [2.05, 4.69) is 0 Å². The van der Waals surface area contributed by atoms with Crippen LogP contribution in [0.5, 0.6) is 23.0 Å². The van der Waals surface area contributed by atoms with Gasteiger partial charge in [-0.2, -0.15) is 0 Å². The monoisotopic (exact) mass is 1000 g/mol. The minimum atomic E-state index is -2.94. The van der Waals surface area contributed by atoms with Gasteiger partial charge in [-0.1, -0.05) is 96.0 Å². The van der Waals surface area contributed by atoms with Gasteiger partial charge in [-0.25, -0.2) is 27.2 Å². The second-order valence-electron chi connectivity index (χ2n) is 17.4. The molecule has 0 radical (unpaired) electrons. The molecular weight excluding hydrogens is 951 g/mol. The van der Waals surface area contributed by atoms with Crippen LogP contribution < -0.4 is 9.47 Å². The number of hydrogen-bond acceptors (Lipinski definition) is 8. The van der Waals surface area contributed by atoms with Crippen LogP contribution in [0, 0.1) is 23.5 Å². The van der Waals surface area contributed by atoms with Crippen molar-refractivity contribution in [1.29, 1.82) is 0 Å². The minimum Gasteiger partial charge on any atom is -0.479 e. The Kier molecular flexibility index (Phi) is 16.6. The maximum absolute atomic E-state index is 17.3. The second-order valence-corrected chi connectivity index (χ2v) is 18.3. The van der Waals surface area contributed by atoms with Crippen molar-refractivity contribution in [3.8, 4) is 23.0 Å². The van der Waals surface area contributed by atoms with E-state index < -0.39 is 64.9 Å². The zero-order chi connectivity index (χ0) is 50.2. The zero-order valence-electron chi connectivity index (χ0n) is 38.1. The van der Waals surface area contributed by atoms with Gasteiger partial charge in [0.1, 0.15) is 17.6 Å². The Morgan fingerprint density at radius 1 is 0.629 bits per heavy atom. The Morgan fingerprint density at radius 3 is 1.43 bits per heavy atom. The molecule has 70 heavy (non-hydrogen) atoms. The number of aliphatic carboxylic acids is 1. The van der Waals surface area contributed by atoms with Gasteiger partial charge in [-0.15, -0.1) is 0 Å². The SMILES string of the molecule is COC(=O)C(F)(C(Cc1ccc(F)c(Oc2ccccc2)c1)OC(C)=O)[C@H](c1ccc(Cl)cc1)C1CC1.O=C(O)C(F)(C(O)Cc1ccc(F)c(Oc2ccccc2)c1)[C@@H](c1ccc(Cl)cc1)C1CC1. The number of benzene rings is 6. The summed E-state index contributed by atoms with van der Waals surface area (Å²) in [5.74, 6) is -6.57. The Morgan fingerprint density at radius 2 is 1.04 bits per heavy atom. The predicted octanol–water partition coefficient (Wildman–Crippen LogP) is 13.0. The highest BCUT2D eigenvalue weighted by Crippen LogP contribution is 2.53. The van der Waals surface area contributed by atoms with Crippen molar-refractivity contribution < 1.29 is 61.1 Å². The topological polar surface area (TPSA) is 129 Å². The number of alkyl halides is 2. The molecule has 6 aromatic carbocycles. The molecule has 6 aromatic rings. The van der Waals surface area contributed by atoms with E-state index in [1.807, 2.05) is 0 Å². The number of ether oxygens (including phenoxy) is 4. The summed E-state index contributed by atoms with van der Waals surface area (Å²) >= 11 is 12.0. The Hall–Kier alpha value is -6.41. The molecule has 0 bridgehead atoms. The molecule has 15 heteroatoms. The van der Waals surface area contributed by atoms with Crippen molar-refractivity contribution in [1.82, 2.24) is 0 Å². The average molecular weight is 1000 g/mol. The van der Waals surface area contributed by atoms with E-state index in [1.165, 1.54) is 30.3 Å². The highest BCUT2D eigenvalue weighted by atomic mass is 35.5. The van der Waals surface area contributed by atoms with E-state index in [0.29, 0.717) is 69.5 Å². The lowest BCUT2D eigenvalue weighted by Gasteiger charge is -2.37. The number of hydrogen-bond donors (Lipinski definition) is 2. The third-order valence-electron chi connectivity index (χ3n) is 12.4. The van der Waals surface area contributed by atoms with Crippen molar-refractivity contribution in [2.75, 3.05) is 7.11 Å². The summed E-state index contributed by atoms with van der Waals surface area (Å²) in [7, 11) is 1.09. The number of carboxylic acids is 1. The zero-order valence-corrected chi connectivity index (χ0v) is 39.6. The maximum atomic E-state index is 17.3. The molecule has 0 spiro atoms. The first-order valence-electron chi connectivity index (χ1n) is 22.6. The number of esters is 2. The standard InChI is InChI=1S/C29H27ClF2O5.C26H23ClF2O4/c1-18(33)36-26(17-19-8-15-24(31)25(16-19)37-23-6-4-3-5-7-23)29(32,28(34)35-2)27(20-9-10-20)21-11-13-22(30)14-12-21;27-19-11-9-18(10-12-19)24(17-7-8-17)26(29,25(31)32)23(30)15-16-6-13-21(28)22(14-16)33-20-4-2-1-3-5-20/h3-8,11-16,20,26-27H,9-10,17H2,1-2H3;1-6,9-14,17,23-24,30H,7-8,15H2,(H,31,32)/t26?,27-,29?;23?,24-,26?/m01/s1. The Bertz CT molecular complexity index is 2740. The molecule has 0 heterocycles. The number of aliphatic hydroxyl groups excluding tert-OH is 1. The van der Waals surface area contributed by atoms with Crippen molar-refractivity contribution in [3.63, 3.8) is 0 Å². The number of carbonyl (C=O) groups excluding carboxylic acids is 2. The number of carbonyl (C=O) groups is 3. The smallest absolute Gasteiger partial charge is 0.348 e. The van der Waals surface area contributed by atoms with Gasteiger partial charge in [0.15, 0.2) is 29.2 Å². The van der Waals surface area contributed by atoms with Gasteiger partial charge >= 0.3 is 17.9 Å². The van der Waals surface area contributed by atoms with Gasteiger partial charge in [0.05, 0.1) is 7.11 Å². The molecule has 2 N–H and O–H groups in total. The second kappa shape index (κ2) is 22.6. The van der Waals surface area contributed by atoms with Crippen LogP contribution in [-0.4, -0.2) is 58.8 Å². The van der Waals surface area contributed by atoms with Crippen LogP contribution in [0.2, 0.25) is 10.0 Å². The van der Waals surface area contributed by atoms with Crippen molar-refractivity contribution >= 4 is 41.1 Å². The average Bonchev–Trinajstić information content (AvgIpc) is 4.30. The van der Waals surface area contributed by atoms with E-state index in [9.17, 15) is 33.4 Å². The van der Waals surface area contributed by atoms with Gasteiger partial charge in [0, 0.05) is 41.6 Å². The highest BCUT2D eigenvalue weighted by molar-refractivity contribution is 6.30. The highest BCUT2D eigenvalue weighted by Gasteiger charge is 2.60. The molecule has 9 nitrogen and oxygen atoms in total. The first-order chi connectivity index (χ1) is 33.5. The number of rotatable bonds is 19. The first-order valence-corrected chi connectivity index (χ1v) is 23.3. The minimum absolute atomic E-state index is 0.0794. The lowest BCUT2D eigenvalue weighted by Crippen LogP contribution is -2.54.